The van der Waals surface area contributed by atoms with E-state index in [1.54, 1.807) is 0 Å². The molecule has 0 heterocycles. The van der Waals surface area contributed by atoms with E-state index in [1.165, 1.54) is 0 Å². The van der Waals surface area contributed by atoms with Gasteiger partial charge in [-0.1, -0.05) is 31.9 Å². The van der Waals surface area contributed by atoms with Crippen LogP contribution >= 0.6 is 31.9 Å². The van der Waals surface area contributed by atoms with Gasteiger partial charge in [0, 0.05) is 10.7 Å². The van der Waals surface area contributed by atoms with E-state index < -0.39 is 0 Å². The van der Waals surface area contributed by atoms with Gasteiger partial charge in [0.25, 0.3) is 0 Å². The molecule has 0 bridgehead atoms. The molecule has 0 saturated heterocycles. The van der Waals surface area contributed by atoms with Crippen molar-refractivity contribution in [3.8, 4) is 0 Å². The molecule has 0 rings (SSSR count). The Balaban J connectivity index is 3.29. The molecule has 0 aromatic heterocycles. The molecule has 0 aliphatic carbocycles. The average Bonchev–Trinajstić information content (AvgIpc) is 2.30. The molecule has 0 aromatic carbocycles. The fourth-order valence-corrected chi connectivity index (χ4v) is 2.05. The van der Waals surface area contributed by atoms with Gasteiger partial charge in [-0.2, -0.15) is 0 Å². The van der Waals surface area contributed by atoms with Crippen molar-refractivity contribution in [2.24, 2.45) is 11.5 Å². The first-order valence-corrected chi connectivity index (χ1v) is 8.31. The highest BCUT2D eigenvalue weighted by atomic mass is 79.9. The monoisotopic (exact) mass is 372 g/mol. The topological polar surface area (TPSA) is 70.5 Å². The van der Waals surface area contributed by atoms with Gasteiger partial charge < -0.3 is 20.8 Å². The standard InChI is InChI=1S/C10H23BBr2N2O2/c12-7-3-1-5-9(14)16-11-17-10(15)6-2-4-8-13/h9-11H,1-8,14-15H2. The Morgan fingerprint density at radius 1 is 0.824 bits per heavy atom. The second-order valence-electron chi connectivity index (χ2n) is 3.90. The van der Waals surface area contributed by atoms with Crippen LogP contribution in [0.2, 0.25) is 0 Å². The minimum Gasteiger partial charge on any atom is -0.398 e. The largest absolute Gasteiger partial charge is 0.440 e. The zero-order chi connectivity index (χ0) is 12.9. The van der Waals surface area contributed by atoms with Crippen LogP contribution in [-0.2, 0) is 9.31 Å². The smallest absolute Gasteiger partial charge is 0.398 e. The molecule has 0 amide bonds. The van der Waals surface area contributed by atoms with Gasteiger partial charge in [-0.05, 0) is 38.5 Å². The Bertz CT molecular complexity index is 153. The molecule has 0 fully saturated rings. The number of halogens is 2. The van der Waals surface area contributed by atoms with Gasteiger partial charge >= 0.3 is 7.69 Å². The maximum atomic E-state index is 5.76. The van der Waals surface area contributed by atoms with E-state index in [0.29, 0.717) is 0 Å². The van der Waals surface area contributed by atoms with E-state index in [2.05, 4.69) is 31.9 Å². The molecule has 7 heteroatoms. The maximum absolute atomic E-state index is 5.76. The van der Waals surface area contributed by atoms with Gasteiger partial charge in [0.2, 0.25) is 0 Å². The Hall–Kier alpha value is 0.865. The van der Waals surface area contributed by atoms with Gasteiger partial charge in [-0.3, -0.25) is 0 Å². The molecule has 0 aromatic rings. The third-order valence-electron chi connectivity index (χ3n) is 2.31. The minimum absolute atomic E-state index is 0.185. The van der Waals surface area contributed by atoms with E-state index in [9.17, 15) is 0 Å². The van der Waals surface area contributed by atoms with Crippen molar-refractivity contribution in [2.45, 2.75) is 51.0 Å². The summed E-state index contributed by atoms with van der Waals surface area (Å²) in [6, 6.07) is 0. The van der Waals surface area contributed by atoms with Crippen LogP contribution in [0, 0.1) is 0 Å². The van der Waals surface area contributed by atoms with Gasteiger partial charge in [0.1, 0.15) is 0 Å². The molecule has 2 unspecified atom stereocenters. The van der Waals surface area contributed by atoms with E-state index in [4.69, 9.17) is 20.8 Å². The van der Waals surface area contributed by atoms with Crippen molar-refractivity contribution < 1.29 is 9.31 Å². The summed E-state index contributed by atoms with van der Waals surface area (Å²) in [5, 5.41) is 2.02. The van der Waals surface area contributed by atoms with Gasteiger partial charge in [-0.15, -0.1) is 0 Å². The molecule has 4 nitrogen and oxygen atoms in total. The summed E-state index contributed by atoms with van der Waals surface area (Å²) in [5.74, 6) is 0. The molecule has 17 heavy (non-hydrogen) atoms. The summed E-state index contributed by atoms with van der Waals surface area (Å²) in [7, 11) is 0.185. The Morgan fingerprint density at radius 2 is 1.24 bits per heavy atom. The summed E-state index contributed by atoms with van der Waals surface area (Å²) in [6.07, 6.45) is 5.57. The zero-order valence-electron chi connectivity index (χ0n) is 10.2. The lowest BCUT2D eigenvalue weighted by Crippen LogP contribution is -2.31. The van der Waals surface area contributed by atoms with Crippen LogP contribution in [0.1, 0.15) is 38.5 Å². The number of rotatable bonds is 12. The number of hydrogen-bond donors (Lipinski definition) is 2. The third-order valence-corrected chi connectivity index (χ3v) is 3.43. The predicted octanol–water partition coefficient (Wildman–Crippen LogP) is 1.99. The zero-order valence-corrected chi connectivity index (χ0v) is 13.4. The van der Waals surface area contributed by atoms with Crippen molar-refractivity contribution >= 4 is 39.5 Å². The van der Waals surface area contributed by atoms with Crippen LogP contribution in [-0.4, -0.2) is 30.8 Å². The van der Waals surface area contributed by atoms with E-state index in [-0.39, 0.29) is 20.1 Å². The predicted molar refractivity (Wildman–Crippen MR) is 80.6 cm³/mol. The molecule has 2 atom stereocenters. The Kier molecular flexibility index (Phi) is 14.0. The molecular weight excluding hydrogens is 351 g/mol. The first-order chi connectivity index (χ1) is 8.20. The molecule has 102 valence electrons. The summed E-state index contributed by atoms with van der Waals surface area (Å²) in [5.41, 5.74) is 11.5. The fourth-order valence-electron chi connectivity index (χ4n) is 1.26. The first kappa shape index (κ1) is 17.9. The number of nitrogens with two attached hydrogens (primary N) is 2. The van der Waals surface area contributed by atoms with Crippen LogP contribution in [0.5, 0.6) is 0 Å². The lowest BCUT2D eigenvalue weighted by atomic mass is 10.2. The highest BCUT2D eigenvalue weighted by Crippen LogP contribution is 2.04. The number of alkyl halides is 2. The number of hydrogen-bond acceptors (Lipinski definition) is 4. The van der Waals surface area contributed by atoms with Gasteiger partial charge in [-0.25, -0.2) is 0 Å². The Morgan fingerprint density at radius 3 is 1.59 bits per heavy atom. The second kappa shape index (κ2) is 13.3. The van der Waals surface area contributed by atoms with Crippen molar-refractivity contribution in [2.75, 3.05) is 10.7 Å². The van der Waals surface area contributed by atoms with Crippen molar-refractivity contribution in [3.05, 3.63) is 0 Å². The molecule has 0 aliphatic heterocycles. The van der Waals surface area contributed by atoms with Crippen LogP contribution < -0.4 is 11.5 Å². The quantitative estimate of drug-likeness (QED) is 0.237. The summed E-state index contributed by atoms with van der Waals surface area (Å²) >= 11 is 6.75. The van der Waals surface area contributed by atoms with Crippen molar-refractivity contribution in [3.63, 3.8) is 0 Å². The fraction of sp³-hybridized carbons (Fsp3) is 1.00. The lowest BCUT2D eigenvalue weighted by Gasteiger charge is -2.15. The van der Waals surface area contributed by atoms with E-state index in [1.807, 2.05) is 0 Å². The lowest BCUT2D eigenvalue weighted by molar-refractivity contribution is 0.113. The maximum Gasteiger partial charge on any atom is 0.440 e. The molecule has 0 spiro atoms. The van der Waals surface area contributed by atoms with Crippen LogP contribution in [0.25, 0.3) is 0 Å². The summed E-state index contributed by atoms with van der Waals surface area (Å²) in [6.45, 7) is 0. The highest BCUT2D eigenvalue weighted by molar-refractivity contribution is 9.09. The van der Waals surface area contributed by atoms with Gasteiger partial charge in [0.05, 0.1) is 12.5 Å². The van der Waals surface area contributed by atoms with Crippen molar-refractivity contribution in [1.82, 2.24) is 0 Å². The molecule has 0 saturated carbocycles. The van der Waals surface area contributed by atoms with Gasteiger partial charge in [0.15, 0.2) is 0 Å². The molecule has 4 N–H and O–H groups in total. The summed E-state index contributed by atoms with van der Waals surface area (Å²) < 4.78 is 10.6. The van der Waals surface area contributed by atoms with Crippen molar-refractivity contribution in [1.29, 1.82) is 0 Å². The van der Waals surface area contributed by atoms with E-state index in [0.717, 1.165) is 49.2 Å². The molecular formula is C10H23BBr2N2O2. The van der Waals surface area contributed by atoms with E-state index >= 15 is 0 Å². The molecule has 0 radical (unpaired) electrons. The second-order valence-corrected chi connectivity index (χ2v) is 5.48. The number of unbranched alkanes of at least 4 members (excludes halogenated alkanes) is 2. The van der Waals surface area contributed by atoms with Crippen LogP contribution in [0.15, 0.2) is 0 Å². The minimum atomic E-state index is -0.246. The van der Waals surface area contributed by atoms with Crippen LogP contribution in [0.4, 0.5) is 0 Å². The SMILES string of the molecule is NC(CCCCBr)OBOC(N)CCCCBr. The highest BCUT2D eigenvalue weighted by Gasteiger charge is 2.07. The Labute approximate surface area is 122 Å². The van der Waals surface area contributed by atoms with Crippen LogP contribution in [0.3, 0.4) is 0 Å². The average molecular weight is 374 g/mol. The normalized spacial score (nSPS) is 14.6. The summed E-state index contributed by atoms with van der Waals surface area (Å²) in [4.78, 5) is 0. The third kappa shape index (κ3) is 13.1. The first-order valence-electron chi connectivity index (χ1n) is 6.07. The molecule has 0 aliphatic rings.